The van der Waals surface area contributed by atoms with Crippen LogP contribution in [-0.4, -0.2) is 17.7 Å². The fourth-order valence-corrected chi connectivity index (χ4v) is 1.46. The molecule has 16 heavy (non-hydrogen) atoms. The Bertz CT molecular complexity index is 341. The molecule has 0 amide bonds. The zero-order valence-corrected chi connectivity index (χ0v) is 9.78. The van der Waals surface area contributed by atoms with Gasteiger partial charge in [0.1, 0.15) is 12.4 Å². The van der Waals surface area contributed by atoms with Gasteiger partial charge in [-0.15, -0.1) is 0 Å². The lowest BCUT2D eigenvalue weighted by molar-refractivity contribution is 0.0645. The lowest BCUT2D eigenvalue weighted by Gasteiger charge is -2.00. The zero-order valence-electron chi connectivity index (χ0n) is 9.78. The van der Waals surface area contributed by atoms with Crippen LogP contribution in [0.15, 0.2) is 10.5 Å². The normalized spacial score (nSPS) is 10.6. The van der Waals surface area contributed by atoms with Crippen LogP contribution >= 0.6 is 0 Å². The molecule has 4 nitrogen and oxygen atoms in total. The molecule has 0 aliphatic carbocycles. The van der Waals surface area contributed by atoms with Gasteiger partial charge in [0.15, 0.2) is 0 Å². The van der Waals surface area contributed by atoms with Gasteiger partial charge >= 0.3 is 5.97 Å². The molecule has 4 heteroatoms. The standard InChI is InChI=1S/C12H18O4/c1-3-4-5-6-15-8-10-7-9(2)11(16-10)12(13)14/h7H,3-6,8H2,1-2H3,(H,13,14). The highest BCUT2D eigenvalue weighted by Crippen LogP contribution is 2.15. The van der Waals surface area contributed by atoms with Crippen molar-refractivity contribution in [2.75, 3.05) is 6.61 Å². The number of furan rings is 1. The lowest BCUT2D eigenvalue weighted by Crippen LogP contribution is -1.96. The topological polar surface area (TPSA) is 59.7 Å². The van der Waals surface area contributed by atoms with Crippen LogP contribution in [0.5, 0.6) is 0 Å². The number of rotatable bonds is 7. The van der Waals surface area contributed by atoms with Crippen molar-refractivity contribution in [2.45, 2.75) is 39.7 Å². The first kappa shape index (κ1) is 12.8. The maximum Gasteiger partial charge on any atom is 0.372 e. The van der Waals surface area contributed by atoms with Gasteiger partial charge in [0.05, 0.1) is 0 Å². The van der Waals surface area contributed by atoms with Crippen molar-refractivity contribution in [1.82, 2.24) is 0 Å². The Morgan fingerprint density at radius 1 is 1.50 bits per heavy atom. The van der Waals surface area contributed by atoms with Gasteiger partial charge in [0, 0.05) is 12.2 Å². The van der Waals surface area contributed by atoms with E-state index in [0.717, 1.165) is 19.3 Å². The van der Waals surface area contributed by atoms with Gasteiger partial charge in [-0.05, 0) is 19.4 Å². The minimum absolute atomic E-state index is 0.00663. The summed E-state index contributed by atoms with van der Waals surface area (Å²) in [6.45, 7) is 4.89. The van der Waals surface area contributed by atoms with Crippen molar-refractivity contribution in [2.24, 2.45) is 0 Å². The Morgan fingerprint density at radius 2 is 2.25 bits per heavy atom. The van der Waals surface area contributed by atoms with Gasteiger partial charge in [-0.3, -0.25) is 0 Å². The van der Waals surface area contributed by atoms with Gasteiger partial charge in [-0.2, -0.15) is 0 Å². The fourth-order valence-electron chi connectivity index (χ4n) is 1.46. The van der Waals surface area contributed by atoms with E-state index < -0.39 is 5.97 Å². The molecule has 1 aromatic rings. The molecule has 0 aliphatic rings. The number of carboxylic acids is 1. The molecule has 0 aliphatic heterocycles. The summed E-state index contributed by atoms with van der Waals surface area (Å²) in [5.41, 5.74) is 0.639. The predicted octanol–water partition coefficient (Wildman–Crippen LogP) is 2.99. The minimum Gasteiger partial charge on any atom is -0.475 e. The van der Waals surface area contributed by atoms with Crippen molar-refractivity contribution < 1.29 is 19.1 Å². The molecule has 90 valence electrons. The molecule has 0 radical (unpaired) electrons. The lowest BCUT2D eigenvalue weighted by atomic mass is 10.2. The summed E-state index contributed by atoms with van der Waals surface area (Å²) in [6, 6.07) is 1.71. The van der Waals surface area contributed by atoms with Crippen LogP contribution < -0.4 is 0 Å². The van der Waals surface area contributed by atoms with E-state index in [1.54, 1.807) is 13.0 Å². The van der Waals surface area contributed by atoms with Gasteiger partial charge in [-0.1, -0.05) is 19.8 Å². The molecular weight excluding hydrogens is 208 g/mol. The third kappa shape index (κ3) is 3.70. The quantitative estimate of drug-likeness (QED) is 0.726. The number of hydrogen-bond acceptors (Lipinski definition) is 3. The third-order valence-electron chi connectivity index (χ3n) is 2.30. The molecule has 0 saturated carbocycles. The summed E-state index contributed by atoms with van der Waals surface area (Å²) in [5, 5.41) is 8.79. The number of carboxylic acid groups (broad SMARTS) is 1. The van der Waals surface area contributed by atoms with Crippen LogP contribution in [-0.2, 0) is 11.3 Å². The largest absolute Gasteiger partial charge is 0.475 e. The van der Waals surface area contributed by atoms with E-state index >= 15 is 0 Å². The number of hydrogen-bond donors (Lipinski definition) is 1. The Kier molecular flexibility index (Phi) is 5.05. The molecule has 1 aromatic heterocycles. The van der Waals surface area contributed by atoms with Crippen molar-refractivity contribution in [3.05, 3.63) is 23.2 Å². The number of unbranched alkanes of at least 4 members (excludes halogenated alkanes) is 2. The van der Waals surface area contributed by atoms with E-state index in [2.05, 4.69) is 6.92 Å². The van der Waals surface area contributed by atoms with E-state index in [1.807, 2.05) is 0 Å². The van der Waals surface area contributed by atoms with Crippen molar-refractivity contribution in [3.8, 4) is 0 Å². The zero-order chi connectivity index (χ0) is 12.0. The summed E-state index contributed by atoms with van der Waals surface area (Å²) in [5.74, 6) is -0.451. The highest BCUT2D eigenvalue weighted by Gasteiger charge is 2.13. The maximum absolute atomic E-state index is 10.7. The molecule has 0 unspecified atom stereocenters. The Labute approximate surface area is 95.2 Å². The predicted molar refractivity (Wildman–Crippen MR) is 59.6 cm³/mol. The molecule has 0 spiro atoms. The average molecular weight is 226 g/mol. The highest BCUT2D eigenvalue weighted by atomic mass is 16.5. The number of ether oxygens (including phenoxy) is 1. The first-order valence-electron chi connectivity index (χ1n) is 5.55. The molecule has 1 N–H and O–H groups in total. The summed E-state index contributed by atoms with van der Waals surface area (Å²) in [6.07, 6.45) is 3.34. The van der Waals surface area contributed by atoms with Gasteiger partial charge in [-0.25, -0.2) is 4.79 Å². The molecule has 0 saturated heterocycles. The first-order valence-corrected chi connectivity index (χ1v) is 5.55. The number of carbonyl (C=O) groups is 1. The van der Waals surface area contributed by atoms with E-state index in [0.29, 0.717) is 24.5 Å². The van der Waals surface area contributed by atoms with Crippen LogP contribution in [0.4, 0.5) is 0 Å². The molecule has 0 fully saturated rings. The van der Waals surface area contributed by atoms with Crippen LogP contribution in [0.3, 0.4) is 0 Å². The Hall–Kier alpha value is -1.29. The third-order valence-corrected chi connectivity index (χ3v) is 2.30. The number of aryl methyl sites for hydroxylation is 1. The SMILES string of the molecule is CCCCCOCc1cc(C)c(C(=O)O)o1. The summed E-state index contributed by atoms with van der Waals surface area (Å²) >= 11 is 0. The van der Waals surface area contributed by atoms with Crippen molar-refractivity contribution in [3.63, 3.8) is 0 Å². The maximum atomic E-state index is 10.7. The smallest absolute Gasteiger partial charge is 0.372 e. The van der Waals surface area contributed by atoms with E-state index in [9.17, 15) is 4.79 Å². The van der Waals surface area contributed by atoms with Gasteiger partial charge < -0.3 is 14.3 Å². The Morgan fingerprint density at radius 3 is 2.81 bits per heavy atom. The number of aromatic carboxylic acids is 1. The highest BCUT2D eigenvalue weighted by molar-refractivity contribution is 5.86. The van der Waals surface area contributed by atoms with Crippen LogP contribution in [0.1, 0.15) is 48.1 Å². The van der Waals surface area contributed by atoms with Crippen molar-refractivity contribution >= 4 is 5.97 Å². The molecule has 0 aromatic carbocycles. The van der Waals surface area contributed by atoms with E-state index in [1.165, 1.54) is 0 Å². The second kappa shape index (κ2) is 6.33. The fraction of sp³-hybridized carbons (Fsp3) is 0.583. The molecule has 0 atom stereocenters. The van der Waals surface area contributed by atoms with Crippen molar-refractivity contribution in [1.29, 1.82) is 0 Å². The molecule has 0 bridgehead atoms. The minimum atomic E-state index is -1.03. The van der Waals surface area contributed by atoms with Crippen LogP contribution in [0, 0.1) is 6.92 Å². The summed E-state index contributed by atoms with van der Waals surface area (Å²) < 4.78 is 10.5. The molecule has 1 rings (SSSR count). The molecular formula is C12H18O4. The summed E-state index contributed by atoms with van der Waals surface area (Å²) in [4.78, 5) is 10.7. The molecule has 1 heterocycles. The monoisotopic (exact) mass is 226 g/mol. The first-order chi connectivity index (χ1) is 7.65. The van der Waals surface area contributed by atoms with Gasteiger partial charge in [0.2, 0.25) is 5.76 Å². The van der Waals surface area contributed by atoms with Crippen LogP contribution in [0.2, 0.25) is 0 Å². The second-order valence-electron chi connectivity index (χ2n) is 3.79. The van der Waals surface area contributed by atoms with E-state index in [-0.39, 0.29) is 5.76 Å². The van der Waals surface area contributed by atoms with E-state index in [4.69, 9.17) is 14.3 Å². The summed E-state index contributed by atoms with van der Waals surface area (Å²) in [7, 11) is 0. The van der Waals surface area contributed by atoms with Crippen LogP contribution in [0.25, 0.3) is 0 Å². The second-order valence-corrected chi connectivity index (χ2v) is 3.79. The average Bonchev–Trinajstić information content (AvgIpc) is 2.59. The van der Waals surface area contributed by atoms with Gasteiger partial charge in [0.25, 0.3) is 0 Å². The Balaban J connectivity index is 2.37.